The van der Waals surface area contributed by atoms with Gasteiger partial charge in [-0.15, -0.1) is 0 Å². The second-order valence-electron chi connectivity index (χ2n) is 10.3. The van der Waals surface area contributed by atoms with E-state index in [1.807, 2.05) is 46.8 Å². The van der Waals surface area contributed by atoms with Crippen molar-refractivity contribution >= 4 is 50.7 Å². The van der Waals surface area contributed by atoms with Crippen molar-refractivity contribution in [2.45, 2.75) is 77.4 Å². The molecule has 3 aromatic rings. The van der Waals surface area contributed by atoms with Crippen molar-refractivity contribution in [2.75, 3.05) is 10.8 Å². The first-order chi connectivity index (χ1) is 19.9. The fraction of sp³-hybridized carbons (Fsp3) is 0.375. The van der Waals surface area contributed by atoms with Crippen molar-refractivity contribution in [1.82, 2.24) is 10.2 Å². The van der Waals surface area contributed by atoms with Crippen molar-refractivity contribution < 1.29 is 18.0 Å². The van der Waals surface area contributed by atoms with E-state index in [0.29, 0.717) is 34.1 Å². The number of nitrogens with zero attached hydrogens (tertiary/aromatic N) is 2. The summed E-state index contributed by atoms with van der Waals surface area (Å²) in [7, 11) is -4.15. The highest BCUT2D eigenvalue weighted by Crippen LogP contribution is 2.29. The lowest BCUT2D eigenvalue weighted by atomic mass is 10.1. The summed E-state index contributed by atoms with van der Waals surface area (Å²) >= 11 is 12.6. The molecule has 0 heterocycles. The minimum atomic E-state index is -4.15. The summed E-state index contributed by atoms with van der Waals surface area (Å²) in [6.07, 6.45) is 1.59. The predicted molar refractivity (Wildman–Crippen MR) is 171 cm³/mol. The summed E-state index contributed by atoms with van der Waals surface area (Å²) in [5.41, 5.74) is 2.69. The fourth-order valence-corrected chi connectivity index (χ4v) is 6.52. The van der Waals surface area contributed by atoms with Gasteiger partial charge in [-0.2, -0.15) is 0 Å². The van der Waals surface area contributed by atoms with Crippen LogP contribution in [0.5, 0.6) is 0 Å². The monoisotopic (exact) mass is 631 g/mol. The van der Waals surface area contributed by atoms with Gasteiger partial charge in [-0.3, -0.25) is 13.9 Å². The summed E-state index contributed by atoms with van der Waals surface area (Å²) in [6, 6.07) is 17.6. The molecule has 2 unspecified atom stereocenters. The van der Waals surface area contributed by atoms with Crippen LogP contribution < -0.4 is 9.62 Å². The molecule has 0 aliphatic carbocycles. The molecule has 226 valence electrons. The van der Waals surface area contributed by atoms with Crippen LogP contribution in [0.25, 0.3) is 0 Å². The molecule has 0 bridgehead atoms. The van der Waals surface area contributed by atoms with Crippen LogP contribution in [0.4, 0.5) is 5.69 Å². The van der Waals surface area contributed by atoms with Gasteiger partial charge < -0.3 is 10.2 Å². The first kappa shape index (κ1) is 33.4. The predicted octanol–water partition coefficient (Wildman–Crippen LogP) is 6.78. The van der Waals surface area contributed by atoms with Crippen LogP contribution in [-0.2, 0) is 32.6 Å². The Kier molecular flexibility index (Phi) is 11.9. The van der Waals surface area contributed by atoms with Crippen molar-refractivity contribution in [3.63, 3.8) is 0 Å². The molecular formula is C32H39Cl2N3O4S. The van der Waals surface area contributed by atoms with E-state index in [1.165, 1.54) is 17.0 Å². The molecule has 10 heteroatoms. The Morgan fingerprint density at radius 1 is 0.905 bits per heavy atom. The van der Waals surface area contributed by atoms with Crippen LogP contribution in [0, 0.1) is 6.92 Å². The molecule has 0 saturated carbocycles. The molecule has 0 fully saturated rings. The quantitative estimate of drug-likeness (QED) is 0.225. The largest absolute Gasteiger partial charge is 0.352 e. The average Bonchev–Trinajstić information content (AvgIpc) is 2.96. The first-order valence-electron chi connectivity index (χ1n) is 14.1. The topological polar surface area (TPSA) is 86.8 Å². The van der Waals surface area contributed by atoms with Crippen LogP contribution in [-0.4, -0.2) is 43.8 Å². The van der Waals surface area contributed by atoms with E-state index < -0.39 is 28.5 Å². The van der Waals surface area contributed by atoms with Crippen LogP contribution in [0.1, 0.15) is 57.2 Å². The molecule has 0 saturated heterocycles. The van der Waals surface area contributed by atoms with E-state index in [1.54, 1.807) is 42.5 Å². The van der Waals surface area contributed by atoms with Crippen molar-refractivity contribution in [1.29, 1.82) is 0 Å². The van der Waals surface area contributed by atoms with E-state index in [4.69, 9.17) is 23.2 Å². The van der Waals surface area contributed by atoms with Gasteiger partial charge in [-0.25, -0.2) is 8.42 Å². The number of hydrogen-bond acceptors (Lipinski definition) is 4. The second-order valence-corrected chi connectivity index (χ2v) is 13.0. The highest BCUT2D eigenvalue weighted by atomic mass is 35.5. The molecule has 1 N–H and O–H groups in total. The first-order valence-corrected chi connectivity index (χ1v) is 16.3. The third-order valence-corrected chi connectivity index (χ3v) is 9.63. The molecule has 42 heavy (non-hydrogen) atoms. The lowest BCUT2D eigenvalue weighted by molar-refractivity contribution is -0.140. The molecule has 0 spiro atoms. The highest BCUT2D eigenvalue weighted by molar-refractivity contribution is 7.92. The number of benzene rings is 3. The number of para-hydroxylation sites is 1. The number of carbonyl (C=O) groups excluding carboxylic acids is 2. The van der Waals surface area contributed by atoms with Crippen LogP contribution in [0.15, 0.2) is 71.6 Å². The number of rotatable bonds is 13. The number of amides is 2. The Bertz CT molecular complexity index is 1500. The summed E-state index contributed by atoms with van der Waals surface area (Å²) in [4.78, 5) is 29.2. The molecule has 7 nitrogen and oxygen atoms in total. The smallest absolute Gasteiger partial charge is 0.264 e. The van der Waals surface area contributed by atoms with Gasteiger partial charge in [0.25, 0.3) is 10.0 Å². The lowest BCUT2D eigenvalue weighted by Gasteiger charge is -2.34. The normalized spacial score (nSPS) is 12.8. The minimum absolute atomic E-state index is 0.00485. The Hall–Kier alpha value is -3.07. The zero-order chi connectivity index (χ0) is 31.0. The zero-order valence-electron chi connectivity index (χ0n) is 24.7. The van der Waals surface area contributed by atoms with E-state index >= 15 is 0 Å². The SMILES string of the molecule is CCc1ccccc1N(CC(=O)N(Cc1ccc(Cl)cc1Cl)C(CC)C(=O)NC(C)CC)S(=O)(=O)c1ccc(C)cc1. The van der Waals surface area contributed by atoms with Gasteiger partial charge in [0.2, 0.25) is 11.8 Å². The lowest BCUT2D eigenvalue weighted by Crippen LogP contribution is -2.53. The number of aryl methyl sites for hydroxylation is 2. The molecule has 3 rings (SSSR count). The van der Waals surface area contributed by atoms with E-state index in [9.17, 15) is 18.0 Å². The van der Waals surface area contributed by atoms with Crippen molar-refractivity contribution in [3.8, 4) is 0 Å². The summed E-state index contributed by atoms with van der Waals surface area (Å²) in [5.74, 6) is -0.846. The Balaban J connectivity index is 2.12. The Morgan fingerprint density at radius 3 is 2.17 bits per heavy atom. The average molecular weight is 633 g/mol. The number of sulfonamides is 1. The fourth-order valence-electron chi connectivity index (χ4n) is 4.60. The maximum atomic E-state index is 14.3. The van der Waals surface area contributed by atoms with Crippen LogP contribution in [0.2, 0.25) is 10.0 Å². The van der Waals surface area contributed by atoms with Gasteiger partial charge in [-0.05, 0) is 74.6 Å². The molecule has 0 aromatic heterocycles. The van der Waals surface area contributed by atoms with Gasteiger partial charge in [0.05, 0.1) is 10.6 Å². The molecular weight excluding hydrogens is 593 g/mol. The summed E-state index contributed by atoms with van der Waals surface area (Å²) in [6.45, 7) is 8.96. The van der Waals surface area contributed by atoms with Gasteiger partial charge in [0.1, 0.15) is 12.6 Å². The van der Waals surface area contributed by atoms with E-state index in [-0.39, 0.29) is 23.4 Å². The summed E-state index contributed by atoms with van der Waals surface area (Å²) < 4.78 is 29.4. The maximum Gasteiger partial charge on any atom is 0.264 e. The molecule has 0 aliphatic heterocycles. The number of hydrogen-bond donors (Lipinski definition) is 1. The Morgan fingerprint density at radius 2 is 1.57 bits per heavy atom. The minimum Gasteiger partial charge on any atom is -0.352 e. The second kappa shape index (κ2) is 14.9. The van der Waals surface area contributed by atoms with Crippen molar-refractivity contribution in [3.05, 3.63) is 93.5 Å². The summed E-state index contributed by atoms with van der Waals surface area (Å²) in [5, 5.41) is 3.76. The molecule has 2 amide bonds. The van der Waals surface area contributed by atoms with Gasteiger partial charge >= 0.3 is 0 Å². The van der Waals surface area contributed by atoms with Gasteiger partial charge in [-0.1, -0.05) is 85.9 Å². The number of halogens is 2. The van der Waals surface area contributed by atoms with Gasteiger partial charge in [0, 0.05) is 22.6 Å². The number of anilines is 1. The van der Waals surface area contributed by atoms with Gasteiger partial charge in [0.15, 0.2) is 0 Å². The zero-order valence-corrected chi connectivity index (χ0v) is 27.1. The highest BCUT2D eigenvalue weighted by Gasteiger charge is 2.34. The van der Waals surface area contributed by atoms with E-state index in [2.05, 4.69) is 5.32 Å². The molecule has 0 aliphatic rings. The number of nitrogens with one attached hydrogen (secondary N) is 1. The number of carbonyl (C=O) groups is 2. The molecule has 0 radical (unpaired) electrons. The third-order valence-electron chi connectivity index (χ3n) is 7.27. The standard InChI is InChI=1S/C32H39Cl2N3O4S/c1-6-23(5)35-32(39)29(8-3)36(20-25-15-16-26(33)19-28(25)34)31(38)21-37(30-12-10-9-11-24(30)7-2)42(40,41)27-17-13-22(4)14-18-27/h9-19,23,29H,6-8,20-21H2,1-5H3,(H,35,39). The Labute approximate surface area is 259 Å². The third kappa shape index (κ3) is 8.06. The van der Waals surface area contributed by atoms with Crippen LogP contribution in [0.3, 0.4) is 0 Å². The van der Waals surface area contributed by atoms with Crippen LogP contribution >= 0.6 is 23.2 Å². The van der Waals surface area contributed by atoms with Crippen molar-refractivity contribution in [2.24, 2.45) is 0 Å². The van der Waals surface area contributed by atoms with E-state index in [0.717, 1.165) is 21.9 Å². The molecule has 2 atom stereocenters. The maximum absolute atomic E-state index is 14.3. The molecule has 3 aromatic carbocycles.